The number of benzene rings is 1. The van der Waals surface area contributed by atoms with Crippen molar-refractivity contribution in [1.82, 2.24) is 20.0 Å². The molecule has 2 N–H and O–H groups in total. The average Bonchev–Trinajstić information content (AvgIpc) is 3.25. The van der Waals surface area contributed by atoms with Crippen LogP contribution in [0, 0.1) is 0 Å². The summed E-state index contributed by atoms with van der Waals surface area (Å²) in [5.41, 5.74) is 1.91. The Bertz CT molecular complexity index is 960. The van der Waals surface area contributed by atoms with E-state index in [0.717, 1.165) is 11.3 Å². The van der Waals surface area contributed by atoms with Gasteiger partial charge in [0.15, 0.2) is 0 Å². The maximum Gasteiger partial charge on any atom is 0.393 e. The molecule has 0 spiro atoms. The van der Waals surface area contributed by atoms with Crippen molar-refractivity contribution in [2.75, 3.05) is 46.5 Å². The topological polar surface area (TPSA) is 90.9 Å². The third kappa shape index (κ3) is 6.01. The second kappa shape index (κ2) is 10.2. The number of hydrogen-bond donors (Lipinski definition) is 2. The van der Waals surface area contributed by atoms with Gasteiger partial charge in [0.05, 0.1) is 32.2 Å². The molecule has 1 aromatic heterocycles. The molecular weight excluding hydrogens is 453 g/mol. The molecule has 8 nitrogen and oxygen atoms in total. The van der Waals surface area contributed by atoms with Crippen molar-refractivity contribution in [3.05, 3.63) is 47.2 Å². The van der Waals surface area contributed by atoms with Gasteiger partial charge < -0.3 is 24.4 Å². The summed E-state index contributed by atoms with van der Waals surface area (Å²) in [6, 6.07) is 8.10. The highest BCUT2D eigenvalue weighted by Gasteiger charge is 2.38. The number of H-pyrrole nitrogens is 1. The third-order valence-electron chi connectivity index (χ3n) is 6.26. The molecule has 3 heterocycles. The summed E-state index contributed by atoms with van der Waals surface area (Å²) in [5.74, 6) is 0.320. The number of methoxy groups -OCH3 is 1. The Kier molecular flexibility index (Phi) is 7.32. The van der Waals surface area contributed by atoms with Crippen LogP contribution in [0.1, 0.15) is 35.1 Å². The quantitative estimate of drug-likeness (QED) is 0.593. The molecule has 2 unspecified atom stereocenters. The lowest BCUT2D eigenvalue weighted by molar-refractivity contribution is -0.127. The number of nitrogens with one attached hydrogen (secondary N) is 1. The molecule has 2 aromatic rings. The number of carbonyl (C=O) groups excluding carboxylic acids is 1. The van der Waals surface area contributed by atoms with Crippen molar-refractivity contribution in [3.63, 3.8) is 0 Å². The number of nitrogens with zero attached hydrogens (tertiary/aromatic N) is 3. The van der Waals surface area contributed by atoms with E-state index in [4.69, 9.17) is 9.47 Å². The van der Waals surface area contributed by atoms with Gasteiger partial charge in [-0.1, -0.05) is 24.3 Å². The zero-order valence-electron chi connectivity index (χ0n) is 18.9. The highest BCUT2D eigenvalue weighted by atomic mass is 19.4. The fourth-order valence-corrected chi connectivity index (χ4v) is 4.50. The van der Waals surface area contributed by atoms with Gasteiger partial charge in [0.1, 0.15) is 6.61 Å². The molecule has 2 fully saturated rings. The van der Waals surface area contributed by atoms with Crippen LogP contribution in [-0.2, 0) is 11.2 Å². The standard InChI is InChI=1S/C23H29F3N4O4/c1-33-6-7-34-21-9-20(27-28-21)18-8-17(11-29(12-18)22(32)30-13-19(31)14-30)16-4-2-15(3-5-16)10-23(24,25)26/h2-5,9,17-19,31H,6-8,10-14H2,1H3,(H,27,28). The van der Waals surface area contributed by atoms with Crippen molar-refractivity contribution < 1.29 is 32.5 Å². The number of amides is 2. The average molecular weight is 483 g/mol. The largest absolute Gasteiger partial charge is 0.474 e. The summed E-state index contributed by atoms with van der Waals surface area (Å²) >= 11 is 0. The Labute approximate surface area is 195 Å². The smallest absolute Gasteiger partial charge is 0.393 e. The Morgan fingerprint density at radius 1 is 1.12 bits per heavy atom. The van der Waals surface area contributed by atoms with Crippen LogP contribution in [-0.4, -0.2) is 89.9 Å². The van der Waals surface area contributed by atoms with Gasteiger partial charge in [0.2, 0.25) is 5.88 Å². The van der Waals surface area contributed by atoms with Crippen LogP contribution in [0.15, 0.2) is 30.3 Å². The number of alkyl halides is 3. The van der Waals surface area contributed by atoms with Crippen LogP contribution in [0.3, 0.4) is 0 Å². The highest BCUT2D eigenvalue weighted by Crippen LogP contribution is 2.37. The molecule has 2 amide bonds. The summed E-state index contributed by atoms with van der Waals surface area (Å²) in [7, 11) is 1.58. The first-order valence-corrected chi connectivity index (χ1v) is 11.3. The van der Waals surface area contributed by atoms with Gasteiger partial charge in [0.25, 0.3) is 0 Å². The van der Waals surface area contributed by atoms with Crippen LogP contribution < -0.4 is 4.74 Å². The molecule has 1 aromatic carbocycles. The SMILES string of the molecule is COCCOc1cc(C2CC(c3ccc(CC(F)(F)F)cc3)CN(C(=O)N3CC(O)C3)C2)[nH]n1. The Balaban J connectivity index is 1.51. The van der Waals surface area contributed by atoms with E-state index in [0.29, 0.717) is 51.7 Å². The van der Waals surface area contributed by atoms with Gasteiger partial charge in [-0.3, -0.25) is 5.10 Å². The number of aliphatic hydroxyl groups excluding tert-OH is 1. The minimum absolute atomic E-state index is 0.0592. The molecule has 0 saturated carbocycles. The summed E-state index contributed by atoms with van der Waals surface area (Å²) in [4.78, 5) is 16.4. The van der Waals surface area contributed by atoms with Gasteiger partial charge in [-0.05, 0) is 17.5 Å². The van der Waals surface area contributed by atoms with Crippen LogP contribution in [0.25, 0.3) is 0 Å². The first-order chi connectivity index (χ1) is 16.2. The molecule has 2 saturated heterocycles. The number of aromatic amines is 1. The summed E-state index contributed by atoms with van der Waals surface area (Å²) in [6.45, 7) is 2.32. The van der Waals surface area contributed by atoms with Crippen LogP contribution in [0.4, 0.5) is 18.0 Å². The molecule has 4 rings (SSSR count). The van der Waals surface area contributed by atoms with Gasteiger partial charge in [0, 0.05) is 43.8 Å². The number of rotatable bonds is 7. The van der Waals surface area contributed by atoms with Gasteiger partial charge in [-0.15, -0.1) is 5.10 Å². The lowest BCUT2D eigenvalue weighted by Crippen LogP contribution is -2.59. The van der Waals surface area contributed by atoms with E-state index in [2.05, 4.69) is 10.2 Å². The van der Waals surface area contributed by atoms with Crippen molar-refractivity contribution in [1.29, 1.82) is 0 Å². The van der Waals surface area contributed by atoms with Crippen molar-refractivity contribution >= 4 is 6.03 Å². The molecular formula is C23H29F3N4O4. The van der Waals surface area contributed by atoms with Crippen molar-refractivity contribution in [2.45, 2.75) is 37.0 Å². The predicted molar refractivity (Wildman–Crippen MR) is 117 cm³/mol. The van der Waals surface area contributed by atoms with Gasteiger partial charge in [-0.25, -0.2) is 4.79 Å². The van der Waals surface area contributed by atoms with E-state index >= 15 is 0 Å². The van der Waals surface area contributed by atoms with Crippen LogP contribution in [0.5, 0.6) is 5.88 Å². The number of aromatic nitrogens is 2. The molecule has 0 bridgehead atoms. The molecule has 11 heteroatoms. The molecule has 2 aliphatic heterocycles. The summed E-state index contributed by atoms with van der Waals surface area (Å²) in [5, 5.41) is 16.8. The Morgan fingerprint density at radius 2 is 1.79 bits per heavy atom. The minimum atomic E-state index is -4.26. The lowest BCUT2D eigenvalue weighted by atomic mass is 9.83. The van der Waals surface area contributed by atoms with Gasteiger partial charge in [-0.2, -0.15) is 13.2 Å². The highest BCUT2D eigenvalue weighted by molar-refractivity contribution is 5.75. The number of likely N-dealkylation sites (tertiary alicyclic amines) is 2. The zero-order valence-corrected chi connectivity index (χ0v) is 18.9. The normalized spacial score (nSPS) is 21.4. The fourth-order valence-electron chi connectivity index (χ4n) is 4.50. The zero-order chi connectivity index (χ0) is 24.3. The van der Waals surface area contributed by atoms with Crippen molar-refractivity contribution in [3.8, 4) is 5.88 Å². The molecule has 186 valence electrons. The van der Waals surface area contributed by atoms with E-state index in [1.165, 1.54) is 12.1 Å². The maximum absolute atomic E-state index is 13.0. The van der Waals surface area contributed by atoms with E-state index in [1.54, 1.807) is 29.0 Å². The molecule has 0 radical (unpaired) electrons. The number of carbonyl (C=O) groups is 1. The molecule has 0 aliphatic carbocycles. The monoisotopic (exact) mass is 482 g/mol. The molecule has 2 atom stereocenters. The molecule has 2 aliphatic rings. The second-order valence-corrected chi connectivity index (χ2v) is 8.91. The number of halogens is 3. The second-order valence-electron chi connectivity index (χ2n) is 8.91. The van der Waals surface area contributed by atoms with Crippen LogP contribution >= 0.6 is 0 Å². The maximum atomic E-state index is 13.0. The number of hydrogen-bond acceptors (Lipinski definition) is 5. The van der Waals surface area contributed by atoms with E-state index in [-0.39, 0.29) is 23.4 Å². The number of ether oxygens (including phenoxy) is 2. The fraction of sp³-hybridized carbons (Fsp3) is 0.565. The Hall–Kier alpha value is -2.79. The van der Waals surface area contributed by atoms with E-state index < -0.39 is 18.7 Å². The Morgan fingerprint density at radius 3 is 2.44 bits per heavy atom. The first kappa shape index (κ1) is 24.3. The number of β-amino-alcohol motifs (C(OH)–C–C–N with tert-alkyl or cyclic N) is 1. The number of piperidine rings is 1. The third-order valence-corrected chi connectivity index (χ3v) is 6.26. The predicted octanol–water partition coefficient (Wildman–Crippen LogP) is 2.91. The van der Waals surface area contributed by atoms with Gasteiger partial charge >= 0.3 is 12.2 Å². The summed E-state index contributed by atoms with van der Waals surface area (Å²) in [6.07, 6.45) is -5.03. The van der Waals surface area contributed by atoms with Crippen molar-refractivity contribution in [2.24, 2.45) is 0 Å². The lowest BCUT2D eigenvalue weighted by Gasteiger charge is -2.44. The van der Waals surface area contributed by atoms with Crippen LogP contribution in [0.2, 0.25) is 0 Å². The van der Waals surface area contributed by atoms with E-state index in [9.17, 15) is 23.1 Å². The number of aliphatic hydroxyl groups is 1. The summed E-state index contributed by atoms with van der Waals surface area (Å²) < 4.78 is 48.7. The van der Waals surface area contributed by atoms with E-state index in [1.807, 2.05) is 6.07 Å². The first-order valence-electron chi connectivity index (χ1n) is 11.3. The molecule has 34 heavy (non-hydrogen) atoms. The number of urea groups is 1. The minimum Gasteiger partial charge on any atom is -0.474 e.